The van der Waals surface area contributed by atoms with E-state index in [0.717, 1.165) is 14.8 Å². The minimum atomic E-state index is 0.535. The molecule has 2 aromatic heterocycles. The second-order valence-electron chi connectivity index (χ2n) is 2.57. The predicted molar refractivity (Wildman–Crippen MR) is 57.7 cm³/mol. The summed E-state index contributed by atoms with van der Waals surface area (Å²) in [6, 6.07) is 1.88. The van der Waals surface area contributed by atoms with Gasteiger partial charge in [-0.2, -0.15) is 4.37 Å². The number of hydrogen-bond donors (Lipinski definition) is 1. The zero-order valence-electron chi connectivity index (χ0n) is 7.56. The van der Waals surface area contributed by atoms with Gasteiger partial charge in [-0.3, -0.25) is 0 Å². The lowest BCUT2D eigenvalue weighted by Gasteiger charge is -1.87. The summed E-state index contributed by atoms with van der Waals surface area (Å²) in [6.45, 7) is 0.535. The van der Waals surface area contributed by atoms with E-state index in [1.165, 1.54) is 11.5 Å². The summed E-state index contributed by atoms with van der Waals surface area (Å²) in [5.74, 6) is 0.634. The highest BCUT2D eigenvalue weighted by Crippen LogP contribution is 2.30. The first-order chi connectivity index (χ1) is 6.83. The quantitative estimate of drug-likeness (QED) is 0.867. The molecule has 0 bridgehead atoms. The van der Waals surface area contributed by atoms with Crippen molar-refractivity contribution in [3.63, 3.8) is 0 Å². The molecule has 0 amide bonds. The van der Waals surface area contributed by atoms with E-state index >= 15 is 0 Å². The van der Waals surface area contributed by atoms with Crippen LogP contribution in [0, 0.1) is 0 Å². The molecule has 2 aromatic rings. The van der Waals surface area contributed by atoms with Gasteiger partial charge in [-0.05, 0) is 11.5 Å². The summed E-state index contributed by atoms with van der Waals surface area (Å²) in [5, 5.41) is 0.950. The summed E-state index contributed by atoms with van der Waals surface area (Å²) >= 11 is 2.97. The lowest BCUT2D eigenvalue weighted by atomic mass is 10.5. The van der Waals surface area contributed by atoms with Crippen LogP contribution in [0.4, 0.5) is 0 Å². The van der Waals surface area contributed by atoms with Gasteiger partial charge in [0.05, 0.1) is 12.0 Å². The first-order valence-corrected chi connectivity index (χ1v) is 5.58. The van der Waals surface area contributed by atoms with Crippen molar-refractivity contribution in [1.29, 1.82) is 0 Å². The maximum Gasteiger partial charge on any atom is 0.225 e. The second-order valence-corrected chi connectivity index (χ2v) is 4.49. The predicted octanol–water partition coefficient (Wildman–Crippen LogP) is 1.73. The lowest BCUT2D eigenvalue weighted by Crippen LogP contribution is -1.91. The fraction of sp³-hybridized carbons (Fsp3) is 0.250. The van der Waals surface area contributed by atoms with Crippen LogP contribution < -0.4 is 10.5 Å². The van der Waals surface area contributed by atoms with Gasteiger partial charge < -0.3 is 10.5 Å². The molecule has 0 aliphatic heterocycles. The molecule has 0 spiro atoms. The van der Waals surface area contributed by atoms with Crippen LogP contribution in [0.15, 0.2) is 12.3 Å². The highest BCUT2D eigenvalue weighted by atomic mass is 32.1. The number of rotatable bonds is 3. The average molecular weight is 227 g/mol. The molecular formula is C8H9N3OS2. The molecule has 0 saturated carbocycles. The summed E-state index contributed by atoms with van der Waals surface area (Å²) in [4.78, 5) is 6.35. The maximum absolute atomic E-state index is 5.51. The largest absolute Gasteiger partial charge is 0.480 e. The van der Waals surface area contributed by atoms with Gasteiger partial charge in [0, 0.05) is 23.7 Å². The molecule has 2 N–H and O–H groups in total. The Morgan fingerprint density at radius 2 is 2.43 bits per heavy atom. The van der Waals surface area contributed by atoms with Gasteiger partial charge in [0.1, 0.15) is 5.01 Å². The van der Waals surface area contributed by atoms with E-state index in [-0.39, 0.29) is 0 Å². The zero-order valence-corrected chi connectivity index (χ0v) is 9.19. The molecule has 6 heteroatoms. The lowest BCUT2D eigenvalue weighted by molar-refractivity contribution is 0.403. The number of ether oxygens (including phenoxy) is 1. The normalized spacial score (nSPS) is 10.4. The number of thiazole rings is 1. The molecule has 74 valence electrons. The van der Waals surface area contributed by atoms with Crippen molar-refractivity contribution in [2.24, 2.45) is 5.73 Å². The van der Waals surface area contributed by atoms with E-state index in [0.29, 0.717) is 12.4 Å². The molecule has 0 saturated heterocycles. The van der Waals surface area contributed by atoms with Gasteiger partial charge in [0.15, 0.2) is 0 Å². The van der Waals surface area contributed by atoms with Gasteiger partial charge in [-0.15, -0.1) is 11.3 Å². The standard InChI is InChI=1S/C8H9N3OS2/c1-12-7-2-6(14-11-7)8-10-4-5(3-9)13-8/h2,4H,3,9H2,1H3. The molecule has 0 aliphatic rings. The van der Waals surface area contributed by atoms with Crippen LogP contribution in [-0.2, 0) is 6.54 Å². The number of hydrogen-bond acceptors (Lipinski definition) is 6. The molecular weight excluding hydrogens is 218 g/mol. The summed E-state index contributed by atoms with van der Waals surface area (Å²) in [5.41, 5.74) is 5.51. The third kappa shape index (κ3) is 1.77. The molecule has 0 unspecified atom stereocenters. The number of methoxy groups -OCH3 is 1. The van der Waals surface area contributed by atoms with Gasteiger partial charge in [-0.25, -0.2) is 4.98 Å². The fourth-order valence-corrected chi connectivity index (χ4v) is 2.51. The van der Waals surface area contributed by atoms with Gasteiger partial charge in [0.2, 0.25) is 5.88 Å². The van der Waals surface area contributed by atoms with E-state index in [2.05, 4.69) is 9.36 Å². The average Bonchev–Trinajstić information content (AvgIpc) is 2.86. The highest BCUT2D eigenvalue weighted by molar-refractivity contribution is 7.19. The van der Waals surface area contributed by atoms with Crippen LogP contribution in [0.25, 0.3) is 9.88 Å². The Kier molecular flexibility index (Phi) is 2.76. The van der Waals surface area contributed by atoms with Crippen LogP contribution in [0.1, 0.15) is 4.88 Å². The fourth-order valence-electron chi connectivity index (χ4n) is 0.972. The maximum atomic E-state index is 5.51. The summed E-state index contributed by atoms with van der Waals surface area (Å²) in [6.07, 6.45) is 1.80. The van der Waals surface area contributed by atoms with Crippen molar-refractivity contribution in [3.05, 3.63) is 17.1 Å². The Morgan fingerprint density at radius 1 is 1.57 bits per heavy atom. The molecule has 4 nitrogen and oxygen atoms in total. The minimum absolute atomic E-state index is 0.535. The van der Waals surface area contributed by atoms with Crippen LogP contribution in [0.2, 0.25) is 0 Å². The van der Waals surface area contributed by atoms with Crippen LogP contribution in [-0.4, -0.2) is 16.5 Å². The molecule has 0 radical (unpaired) electrons. The third-order valence-electron chi connectivity index (χ3n) is 1.66. The first kappa shape index (κ1) is 9.57. The number of nitrogens with two attached hydrogens (primary N) is 1. The van der Waals surface area contributed by atoms with Crippen molar-refractivity contribution in [2.75, 3.05) is 7.11 Å². The minimum Gasteiger partial charge on any atom is -0.480 e. The Labute approximate surface area is 89.5 Å². The molecule has 2 rings (SSSR count). The van der Waals surface area contributed by atoms with Gasteiger partial charge >= 0.3 is 0 Å². The molecule has 0 fully saturated rings. The topological polar surface area (TPSA) is 61.0 Å². The third-order valence-corrected chi connectivity index (χ3v) is 3.62. The van der Waals surface area contributed by atoms with Gasteiger partial charge in [0.25, 0.3) is 0 Å². The van der Waals surface area contributed by atoms with Crippen molar-refractivity contribution >= 4 is 22.9 Å². The van der Waals surface area contributed by atoms with Gasteiger partial charge in [-0.1, -0.05) is 0 Å². The van der Waals surface area contributed by atoms with Crippen LogP contribution in [0.5, 0.6) is 5.88 Å². The number of aromatic nitrogens is 2. The highest BCUT2D eigenvalue weighted by Gasteiger charge is 2.08. The smallest absolute Gasteiger partial charge is 0.225 e. The monoisotopic (exact) mass is 227 g/mol. The van der Waals surface area contributed by atoms with E-state index in [4.69, 9.17) is 10.5 Å². The molecule has 0 aromatic carbocycles. The second kappa shape index (κ2) is 4.04. The van der Waals surface area contributed by atoms with Crippen molar-refractivity contribution in [2.45, 2.75) is 6.54 Å². The van der Waals surface area contributed by atoms with Crippen molar-refractivity contribution < 1.29 is 4.74 Å². The van der Waals surface area contributed by atoms with Crippen LogP contribution in [0.3, 0.4) is 0 Å². The van der Waals surface area contributed by atoms with E-state index < -0.39 is 0 Å². The molecule has 0 aliphatic carbocycles. The molecule has 2 heterocycles. The molecule has 0 atom stereocenters. The van der Waals surface area contributed by atoms with E-state index in [1.54, 1.807) is 24.6 Å². The molecule has 14 heavy (non-hydrogen) atoms. The van der Waals surface area contributed by atoms with Crippen LogP contribution >= 0.6 is 22.9 Å². The van der Waals surface area contributed by atoms with E-state index in [1.807, 2.05) is 6.07 Å². The number of nitrogens with zero attached hydrogens (tertiary/aromatic N) is 2. The Morgan fingerprint density at radius 3 is 3.00 bits per heavy atom. The van der Waals surface area contributed by atoms with Crippen molar-refractivity contribution in [1.82, 2.24) is 9.36 Å². The summed E-state index contributed by atoms with van der Waals surface area (Å²) < 4.78 is 9.10. The van der Waals surface area contributed by atoms with Crippen molar-refractivity contribution in [3.8, 4) is 15.8 Å². The zero-order chi connectivity index (χ0) is 9.97. The SMILES string of the molecule is COc1cc(-c2ncc(CN)s2)sn1. The Hall–Kier alpha value is -0.980. The van der Waals surface area contributed by atoms with E-state index in [9.17, 15) is 0 Å². The Balaban J connectivity index is 2.29. The first-order valence-electron chi connectivity index (χ1n) is 3.99. The Bertz CT molecular complexity index is 383. The summed E-state index contributed by atoms with van der Waals surface area (Å²) in [7, 11) is 1.60.